The molecule has 3 nitrogen and oxygen atoms in total. The normalized spacial score (nSPS) is 10.7. The molecule has 1 aromatic rings. The van der Waals surface area contributed by atoms with Gasteiger partial charge in [-0.25, -0.2) is 0 Å². The zero-order chi connectivity index (χ0) is 6.85. The quantitative estimate of drug-likeness (QED) is 0.577. The summed E-state index contributed by atoms with van der Waals surface area (Å²) in [6.45, 7) is 3.17. The minimum absolute atomic E-state index is 0.0229. The highest BCUT2D eigenvalue weighted by Crippen LogP contribution is 2.14. The highest BCUT2D eigenvalue weighted by Gasteiger charge is 2.13. The number of rotatable bonds is 1. The third-order valence-electron chi connectivity index (χ3n) is 0.670. The highest BCUT2D eigenvalue weighted by atomic mass is 19.3. The van der Waals surface area contributed by atoms with Crippen LogP contribution in [0, 0.1) is 6.92 Å². The lowest BCUT2D eigenvalue weighted by Crippen LogP contribution is -1.82. The van der Waals surface area contributed by atoms with Crippen LogP contribution in [-0.4, -0.2) is 10.1 Å². The second-order valence-electron chi connectivity index (χ2n) is 1.35. The molecule has 0 spiro atoms. The number of hydrogen-bond donors (Lipinski definition) is 0. The summed E-state index contributed by atoms with van der Waals surface area (Å²) in [5, 5.41) is 3.06. The van der Waals surface area contributed by atoms with Gasteiger partial charge in [0.15, 0.2) is 5.82 Å². The van der Waals surface area contributed by atoms with Crippen LogP contribution in [0.15, 0.2) is 4.52 Å². The first-order valence-electron chi connectivity index (χ1n) is 2.14. The Morgan fingerprint density at radius 1 is 1.56 bits per heavy atom. The van der Waals surface area contributed by atoms with E-state index in [0.29, 0.717) is 0 Å². The molecule has 0 aliphatic heterocycles. The van der Waals surface area contributed by atoms with Crippen LogP contribution in [0.4, 0.5) is 8.78 Å². The smallest absolute Gasteiger partial charge is 0.315 e. The first-order valence-corrected chi connectivity index (χ1v) is 2.14. The molecule has 0 saturated heterocycles. The SMILES string of the molecule is [CH2]c1noc(C(F)F)n1. The Hall–Kier alpha value is -1.00. The van der Waals surface area contributed by atoms with Gasteiger partial charge in [-0.05, 0) is 0 Å². The second-order valence-corrected chi connectivity index (χ2v) is 1.35. The lowest BCUT2D eigenvalue weighted by Gasteiger charge is -1.83. The molecule has 0 aliphatic rings. The Balaban J connectivity index is 2.85. The summed E-state index contributed by atoms with van der Waals surface area (Å²) in [7, 11) is 0. The van der Waals surface area contributed by atoms with E-state index in [1.54, 1.807) is 0 Å². The van der Waals surface area contributed by atoms with E-state index in [9.17, 15) is 8.78 Å². The Morgan fingerprint density at radius 2 is 2.22 bits per heavy atom. The van der Waals surface area contributed by atoms with Crippen LogP contribution in [-0.2, 0) is 0 Å². The Morgan fingerprint density at radius 3 is 2.44 bits per heavy atom. The molecule has 49 valence electrons. The van der Waals surface area contributed by atoms with E-state index < -0.39 is 12.3 Å². The van der Waals surface area contributed by atoms with Crippen molar-refractivity contribution >= 4 is 0 Å². The summed E-state index contributed by atoms with van der Waals surface area (Å²) in [4.78, 5) is 3.17. The van der Waals surface area contributed by atoms with E-state index in [1.165, 1.54) is 0 Å². The van der Waals surface area contributed by atoms with Gasteiger partial charge in [0.25, 0.3) is 5.89 Å². The molecule has 0 amide bonds. The molecular weight excluding hydrogens is 130 g/mol. The third kappa shape index (κ3) is 1.22. The molecule has 1 radical (unpaired) electrons. The maximum absolute atomic E-state index is 11.6. The van der Waals surface area contributed by atoms with Crippen molar-refractivity contribution in [2.45, 2.75) is 6.43 Å². The molecule has 1 heterocycles. The average Bonchev–Trinajstić information content (AvgIpc) is 2.14. The maximum atomic E-state index is 11.6. The number of hydrogen-bond acceptors (Lipinski definition) is 3. The molecule has 0 fully saturated rings. The predicted molar refractivity (Wildman–Crippen MR) is 23.7 cm³/mol. The first-order chi connectivity index (χ1) is 4.20. The minimum atomic E-state index is -2.70. The fourth-order valence-electron chi connectivity index (χ4n) is 0.356. The molecule has 1 aromatic heterocycles. The van der Waals surface area contributed by atoms with Crippen molar-refractivity contribution < 1.29 is 13.3 Å². The number of halogens is 2. The van der Waals surface area contributed by atoms with E-state index in [1.807, 2.05) is 0 Å². The zero-order valence-corrected chi connectivity index (χ0v) is 4.34. The van der Waals surface area contributed by atoms with Crippen molar-refractivity contribution in [1.29, 1.82) is 0 Å². The van der Waals surface area contributed by atoms with Crippen LogP contribution in [0.25, 0.3) is 0 Å². The maximum Gasteiger partial charge on any atom is 0.315 e. The number of nitrogens with zero attached hydrogens (tertiary/aromatic N) is 2. The highest BCUT2D eigenvalue weighted by molar-refractivity contribution is 4.89. The lowest BCUT2D eigenvalue weighted by molar-refractivity contribution is 0.106. The van der Waals surface area contributed by atoms with Crippen LogP contribution in [0.3, 0.4) is 0 Å². The Kier molecular flexibility index (Phi) is 1.42. The van der Waals surface area contributed by atoms with Crippen molar-refractivity contribution in [2.75, 3.05) is 0 Å². The van der Waals surface area contributed by atoms with Gasteiger partial charge in [-0.2, -0.15) is 13.8 Å². The van der Waals surface area contributed by atoms with Gasteiger partial charge in [-0.1, -0.05) is 5.16 Å². The molecule has 0 N–H and O–H groups in total. The van der Waals surface area contributed by atoms with E-state index in [4.69, 9.17) is 0 Å². The molecule has 9 heavy (non-hydrogen) atoms. The van der Waals surface area contributed by atoms with Gasteiger partial charge < -0.3 is 4.52 Å². The van der Waals surface area contributed by atoms with Crippen LogP contribution in [0.2, 0.25) is 0 Å². The van der Waals surface area contributed by atoms with Gasteiger partial charge in [0.2, 0.25) is 0 Å². The van der Waals surface area contributed by atoms with Gasteiger partial charge in [-0.3, -0.25) is 0 Å². The van der Waals surface area contributed by atoms with E-state index in [0.717, 1.165) is 0 Å². The summed E-state index contributed by atoms with van der Waals surface area (Å²) in [5.74, 6) is -0.703. The monoisotopic (exact) mass is 133 g/mol. The van der Waals surface area contributed by atoms with E-state index in [2.05, 4.69) is 21.6 Å². The van der Waals surface area contributed by atoms with E-state index in [-0.39, 0.29) is 5.82 Å². The minimum Gasteiger partial charge on any atom is -0.333 e. The summed E-state index contributed by atoms with van der Waals surface area (Å²) < 4.78 is 27.2. The molecule has 0 saturated carbocycles. The summed E-state index contributed by atoms with van der Waals surface area (Å²) in [6.07, 6.45) is -2.70. The molecule has 0 aliphatic carbocycles. The molecule has 1 rings (SSSR count). The second kappa shape index (κ2) is 2.08. The zero-order valence-electron chi connectivity index (χ0n) is 4.34. The van der Waals surface area contributed by atoms with Crippen LogP contribution >= 0.6 is 0 Å². The van der Waals surface area contributed by atoms with Crippen molar-refractivity contribution in [3.05, 3.63) is 18.6 Å². The fourth-order valence-corrected chi connectivity index (χ4v) is 0.356. The number of aromatic nitrogens is 2. The molecule has 0 atom stereocenters. The van der Waals surface area contributed by atoms with Crippen molar-refractivity contribution in [3.63, 3.8) is 0 Å². The van der Waals surface area contributed by atoms with Crippen molar-refractivity contribution in [1.82, 2.24) is 10.1 Å². The van der Waals surface area contributed by atoms with Crippen LogP contribution in [0.1, 0.15) is 18.1 Å². The van der Waals surface area contributed by atoms with E-state index >= 15 is 0 Å². The molecule has 0 bridgehead atoms. The fraction of sp³-hybridized carbons (Fsp3) is 0.250. The Bertz CT molecular complexity index is 198. The molecule has 0 aromatic carbocycles. The average molecular weight is 133 g/mol. The van der Waals surface area contributed by atoms with Crippen LogP contribution < -0.4 is 0 Å². The first kappa shape index (κ1) is 6.12. The van der Waals surface area contributed by atoms with Gasteiger partial charge >= 0.3 is 6.43 Å². The third-order valence-corrected chi connectivity index (χ3v) is 0.670. The van der Waals surface area contributed by atoms with Gasteiger partial charge in [0.1, 0.15) is 0 Å². The van der Waals surface area contributed by atoms with Crippen molar-refractivity contribution in [2.24, 2.45) is 0 Å². The van der Waals surface area contributed by atoms with Crippen LogP contribution in [0.5, 0.6) is 0 Å². The largest absolute Gasteiger partial charge is 0.333 e. The predicted octanol–water partition coefficient (Wildman–Crippen LogP) is 1.19. The Labute approximate surface area is 49.7 Å². The number of alkyl halides is 2. The van der Waals surface area contributed by atoms with Gasteiger partial charge in [0, 0.05) is 6.92 Å². The van der Waals surface area contributed by atoms with Crippen molar-refractivity contribution in [3.8, 4) is 0 Å². The topological polar surface area (TPSA) is 38.9 Å². The summed E-state index contributed by atoms with van der Waals surface area (Å²) >= 11 is 0. The lowest BCUT2D eigenvalue weighted by atomic mass is 10.7. The standard InChI is InChI=1S/C4H3F2N2O/c1-2-7-4(3(5)6)9-8-2/h3H,1H2. The van der Waals surface area contributed by atoms with Gasteiger partial charge in [0.05, 0.1) is 0 Å². The summed E-state index contributed by atoms with van der Waals surface area (Å²) in [5.41, 5.74) is 0. The molecule has 5 heteroatoms. The molecule has 0 unspecified atom stereocenters. The van der Waals surface area contributed by atoms with Gasteiger partial charge in [-0.15, -0.1) is 0 Å². The molecular formula is C4H3F2N2O. The summed E-state index contributed by atoms with van der Waals surface area (Å²) in [6, 6.07) is 0.